The molecule has 1 aliphatic carbocycles. The number of carbonyl (C=O) groups excluding carboxylic acids is 3. The Morgan fingerprint density at radius 1 is 1.16 bits per heavy atom. The van der Waals surface area contributed by atoms with Crippen LogP contribution in [0.4, 0.5) is 21.8 Å². The van der Waals surface area contributed by atoms with Gasteiger partial charge in [0.25, 0.3) is 0 Å². The van der Waals surface area contributed by atoms with E-state index in [1.165, 1.54) is 13.1 Å². The van der Waals surface area contributed by atoms with Crippen LogP contribution in [-0.4, -0.2) is 77.8 Å². The predicted molar refractivity (Wildman–Crippen MR) is 134 cm³/mol. The van der Waals surface area contributed by atoms with E-state index in [2.05, 4.69) is 15.3 Å². The summed E-state index contributed by atoms with van der Waals surface area (Å²) < 4.78 is 20.1. The van der Waals surface area contributed by atoms with Crippen molar-refractivity contribution in [1.82, 2.24) is 19.8 Å². The first-order valence-electron chi connectivity index (χ1n) is 12.5. The summed E-state index contributed by atoms with van der Waals surface area (Å²) in [5.41, 5.74) is -0.364. The number of imide groups is 1. The molecule has 2 fully saturated rings. The first-order chi connectivity index (χ1) is 17.7. The quantitative estimate of drug-likeness (QED) is 0.447. The zero-order valence-electron chi connectivity index (χ0n) is 21.3. The number of nitrogens with zero attached hydrogens (tertiary/aromatic N) is 5. The number of benzene rings is 1. The fourth-order valence-corrected chi connectivity index (χ4v) is 5.37. The van der Waals surface area contributed by atoms with Gasteiger partial charge in [0.05, 0.1) is 6.42 Å². The third-order valence-corrected chi connectivity index (χ3v) is 7.41. The lowest BCUT2D eigenvalue weighted by Gasteiger charge is -2.40. The molecule has 3 aliphatic rings. The number of likely N-dealkylation sites (tertiary alicyclic amines) is 1. The Kier molecular flexibility index (Phi) is 6.57. The molecule has 1 spiro atoms. The number of carbonyl (C=O) groups is 3. The molecule has 196 valence electrons. The number of hydrogen-bond acceptors (Lipinski definition) is 8. The molecule has 1 aromatic carbocycles. The van der Waals surface area contributed by atoms with Gasteiger partial charge in [-0.15, -0.1) is 0 Å². The van der Waals surface area contributed by atoms with Crippen LogP contribution in [0.5, 0.6) is 5.75 Å². The molecule has 3 amide bonds. The summed E-state index contributed by atoms with van der Waals surface area (Å²) in [4.78, 5) is 53.0. The van der Waals surface area contributed by atoms with E-state index in [4.69, 9.17) is 4.74 Å². The molecule has 1 saturated heterocycles. The van der Waals surface area contributed by atoms with Gasteiger partial charge >= 0.3 is 0 Å². The summed E-state index contributed by atoms with van der Waals surface area (Å²) in [6.45, 7) is 1.02. The SMILES string of the molecule is CN(C)CCOc1ccc(Nc2ncc3c(n2)N(C2CCCC2)C(=O)C2(CC(=O)N(C)C2=O)C3)cc1F. The van der Waals surface area contributed by atoms with Gasteiger partial charge < -0.3 is 15.0 Å². The van der Waals surface area contributed by atoms with Crippen LogP contribution in [0, 0.1) is 11.2 Å². The van der Waals surface area contributed by atoms with E-state index in [-0.39, 0.29) is 42.4 Å². The topological polar surface area (TPSA) is 108 Å². The Balaban J connectivity index is 1.43. The zero-order valence-corrected chi connectivity index (χ0v) is 21.3. The average molecular weight is 511 g/mol. The minimum absolute atomic E-state index is 0.0766. The molecular weight excluding hydrogens is 479 g/mol. The highest BCUT2D eigenvalue weighted by molar-refractivity contribution is 6.21. The molecule has 1 unspecified atom stereocenters. The summed E-state index contributed by atoms with van der Waals surface area (Å²) in [6, 6.07) is 4.42. The number of hydrogen-bond donors (Lipinski definition) is 1. The van der Waals surface area contributed by atoms with Crippen molar-refractivity contribution in [2.75, 3.05) is 44.5 Å². The summed E-state index contributed by atoms with van der Waals surface area (Å²) in [5, 5.41) is 3.01. The number of ether oxygens (including phenoxy) is 1. The van der Waals surface area contributed by atoms with Crippen LogP contribution in [0.1, 0.15) is 37.7 Å². The molecular formula is C26H31FN6O4. The monoisotopic (exact) mass is 510 g/mol. The molecule has 1 N–H and O–H groups in total. The molecule has 11 heteroatoms. The minimum Gasteiger partial charge on any atom is -0.489 e. The lowest BCUT2D eigenvalue weighted by atomic mass is 9.76. The highest BCUT2D eigenvalue weighted by atomic mass is 19.1. The van der Waals surface area contributed by atoms with Gasteiger partial charge in [-0.2, -0.15) is 4.98 Å². The maximum absolute atomic E-state index is 14.6. The van der Waals surface area contributed by atoms with E-state index in [9.17, 15) is 18.8 Å². The molecule has 1 saturated carbocycles. The number of nitrogens with one attached hydrogen (secondary N) is 1. The minimum atomic E-state index is -1.44. The van der Waals surface area contributed by atoms with Crippen molar-refractivity contribution in [3.63, 3.8) is 0 Å². The fourth-order valence-electron chi connectivity index (χ4n) is 5.37. The van der Waals surface area contributed by atoms with Gasteiger partial charge in [0, 0.05) is 49.6 Å². The van der Waals surface area contributed by atoms with Crippen LogP contribution >= 0.6 is 0 Å². The Hall–Kier alpha value is -3.60. The highest BCUT2D eigenvalue weighted by Gasteiger charge is 2.60. The molecule has 2 aliphatic heterocycles. The van der Waals surface area contributed by atoms with Crippen molar-refractivity contribution < 1.29 is 23.5 Å². The van der Waals surface area contributed by atoms with Crippen molar-refractivity contribution >= 4 is 35.2 Å². The first kappa shape index (κ1) is 25.1. The normalized spacial score (nSPS) is 21.9. The zero-order chi connectivity index (χ0) is 26.3. The van der Waals surface area contributed by atoms with Crippen molar-refractivity contribution in [2.24, 2.45) is 5.41 Å². The highest BCUT2D eigenvalue weighted by Crippen LogP contribution is 2.46. The molecule has 37 heavy (non-hydrogen) atoms. The van der Waals surface area contributed by atoms with Crippen LogP contribution in [0.2, 0.25) is 0 Å². The van der Waals surface area contributed by atoms with Crippen molar-refractivity contribution in [3.05, 3.63) is 35.8 Å². The van der Waals surface area contributed by atoms with E-state index in [1.54, 1.807) is 23.2 Å². The molecule has 5 rings (SSSR count). The number of likely N-dealkylation sites (N-methyl/N-ethyl adjacent to an activating group) is 1. The standard InChI is InChI=1S/C26H31FN6O4/c1-31(2)10-11-37-20-9-8-17(12-19(20)27)29-25-28-15-16-13-26(14-21(34)32(3)23(26)35)24(36)33(22(16)30-25)18-6-4-5-7-18/h8-9,12,15,18H,4-7,10-11,13-14H2,1-3H3,(H,28,29,30). The maximum atomic E-state index is 14.6. The molecule has 1 atom stereocenters. The van der Waals surface area contributed by atoms with E-state index in [0.717, 1.165) is 30.6 Å². The van der Waals surface area contributed by atoms with E-state index < -0.39 is 17.1 Å². The van der Waals surface area contributed by atoms with Gasteiger partial charge in [0.2, 0.25) is 23.7 Å². The van der Waals surface area contributed by atoms with Crippen LogP contribution in [0.3, 0.4) is 0 Å². The molecule has 10 nitrogen and oxygen atoms in total. The maximum Gasteiger partial charge on any atom is 0.245 e. The van der Waals surface area contributed by atoms with Gasteiger partial charge in [-0.05, 0) is 39.1 Å². The van der Waals surface area contributed by atoms with Crippen LogP contribution in [0.25, 0.3) is 0 Å². The number of amides is 3. The van der Waals surface area contributed by atoms with Crippen molar-refractivity contribution in [3.8, 4) is 5.75 Å². The van der Waals surface area contributed by atoms with Gasteiger partial charge in [-0.3, -0.25) is 24.2 Å². The second-order valence-corrected chi connectivity index (χ2v) is 10.3. The number of anilines is 3. The van der Waals surface area contributed by atoms with Crippen LogP contribution < -0.4 is 15.0 Å². The largest absolute Gasteiger partial charge is 0.489 e. The Morgan fingerprint density at radius 2 is 1.92 bits per heavy atom. The second-order valence-electron chi connectivity index (χ2n) is 10.3. The molecule has 2 aromatic rings. The molecule has 0 radical (unpaired) electrons. The smallest absolute Gasteiger partial charge is 0.245 e. The predicted octanol–water partition coefficient (Wildman–Crippen LogP) is 2.51. The van der Waals surface area contributed by atoms with E-state index in [0.29, 0.717) is 30.2 Å². The lowest BCUT2D eigenvalue weighted by Crippen LogP contribution is -2.56. The van der Waals surface area contributed by atoms with Crippen LogP contribution in [0.15, 0.2) is 24.4 Å². The molecule has 3 heterocycles. The summed E-state index contributed by atoms with van der Waals surface area (Å²) in [6.07, 6.45) is 5.06. The summed E-state index contributed by atoms with van der Waals surface area (Å²) >= 11 is 0. The second kappa shape index (κ2) is 9.70. The van der Waals surface area contributed by atoms with Gasteiger partial charge in [-0.1, -0.05) is 12.8 Å². The summed E-state index contributed by atoms with van der Waals surface area (Å²) in [5.74, 6) is -0.909. The summed E-state index contributed by atoms with van der Waals surface area (Å²) in [7, 11) is 5.25. The number of halogens is 1. The number of aromatic nitrogens is 2. The Labute approximate surface area is 214 Å². The number of rotatable bonds is 7. The van der Waals surface area contributed by atoms with E-state index in [1.807, 2.05) is 19.0 Å². The van der Waals surface area contributed by atoms with Crippen molar-refractivity contribution in [2.45, 2.75) is 44.6 Å². The third kappa shape index (κ3) is 4.52. The number of fused-ring (bicyclic) bond motifs is 1. The van der Waals surface area contributed by atoms with Gasteiger partial charge in [0.15, 0.2) is 11.6 Å². The van der Waals surface area contributed by atoms with Crippen molar-refractivity contribution in [1.29, 1.82) is 0 Å². The Bertz CT molecular complexity index is 1250. The lowest BCUT2D eigenvalue weighted by molar-refractivity contribution is -0.144. The van der Waals surface area contributed by atoms with Crippen LogP contribution in [-0.2, 0) is 20.8 Å². The van der Waals surface area contributed by atoms with Gasteiger partial charge in [-0.25, -0.2) is 9.37 Å². The average Bonchev–Trinajstić information content (AvgIpc) is 3.45. The van der Waals surface area contributed by atoms with Gasteiger partial charge in [0.1, 0.15) is 17.8 Å². The Morgan fingerprint density at radius 3 is 2.57 bits per heavy atom. The molecule has 1 aromatic heterocycles. The molecule has 0 bridgehead atoms. The fraction of sp³-hybridized carbons (Fsp3) is 0.500. The third-order valence-electron chi connectivity index (χ3n) is 7.41. The van der Waals surface area contributed by atoms with E-state index >= 15 is 0 Å². The first-order valence-corrected chi connectivity index (χ1v) is 12.5.